The van der Waals surface area contributed by atoms with E-state index in [0.29, 0.717) is 17.4 Å². The Kier molecular flexibility index (Phi) is 6.40. The van der Waals surface area contributed by atoms with Gasteiger partial charge in [-0.3, -0.25) is 0 Å². The van der Waals surface area contributed by atoms with Gasteiger partial charge in [0.2, 0.25) is 0 Å². The van der Waals surface area contributed by atoms with Gasteiger partial charge < -0.3 is 15.2 Å². The molecule has 0 aliphatic carbocycles. The SMILES string of the molecule is CCCCC(CC)COc1cccc(OC)c1N. The maximum Gasteiger partial charge on any atom is 0.146 e. The first-order chi connectivity index (χ1) is 8.72. The van der Waals surface area contributed by atoms with Crippen molar-refractivity contribution in [3.8, 4) is 11.5 Å². The van der Waals surface area contributed by atoms with Crippen LogP contribution in [0.15, 0.2) is 18.2 Å². The van der Waals surface area contributed by atoms with Crippen molar-refractivity contribution in [3.05, 3.63) is 18.2 Å². The Bertz CT molecular complexity index is 352. The van der Waals surface area contributed by atoms with Crippen LogP contribution in [0, 0.1) is 5.92 Å². The molecule has 1 aromatic carbocycles. The maximum atomic E-state index is 5.97. The van der Waals surface area contributed by atoms with E-state index >= 15 is 0 Å². The van der Waals surface area contributed by atoms with Crippen LogP contribution in [0.5, 0.6) is 11.5 Å². The van der Waals surface area contributed by atoms with E-state index in [1.165, 1.54) is 19.3 Å². The van der Waals surface area contributed by atoms with E-state index in [1.54, 1.807) is 7.11 Å². The Labute approximate surface area is 110 Å². The molecule has 0 heterocycles. The number of methoxy groups -OCH3 is 1. The second-order valence-corrected chi connectivity index (χ2v) is 4.60. The normalized spacial score (nSPS) is 12.2. The summed E-state index contributed by atoms with van der Waals surface area (Å²) in [4.78, 5) is 0. The van der Waals surface area contributed by atoms with Gasteiger partial charge in [0.25, 0.3) is 0 Å². The fraction of sp³-hybridized carbons (Fsp3) is 0.600. The molecule has 2 N–H and O–H groups in total. The molecule has 102 valence electrons. The Hall–Kier alpha value is -1.38. The molecule has 0 radical (unpaired) electrons. The number of anilines is 1. The fourth-order valence-corrected chi connectivity index (χ4v) is 1.93. The average Bonchev–Trinajstić information content (AvgIpc) is 2.40. The smallest absolute Gasteiger partial charge is 0.146 e. The molecule has 1 unspecified atom stereocenters. The van der Waals surface area contributed by atoms with Crippen molar-refractivity contribution in [1.29, 1.82) is 0 Å². The van der Waals surface area contributed by atoms with Gasteiger partial charge in [0, 0.05) is 0 Å². The number of nitrogen functional groups attached to an aromatic ring is 1. The number of unbranched alkanes of at least 4 members (excludes halogenated alkanes) is 1. The zero-order valence-electron chi connectivity index (χ0n) is 11.7. The number of para-hydroxylation sites is 1. The summed E-state index contributed by atoms with van der Waals surface area (Å²) in [5.74, 6) is 2.01. The Morgan fingerprint density at radius 2 is 1.94 bits per heavy atom. The number of nitrogens with two attached hydrogens (primary N) is 1. The Morgan fingerprint density at radius 3 is 2.56 bits per heavy atom. The number of hydrogen-bond donors (Lipinski definition) is 1. The molecule has 0 spiro atoms. The highest BCUT2D eigenvalue weighted by Crippen LogP contribution is 2.31. The number of benzene rings is 1. The van der Waals surface area contributed by atoms with E-state index in [2.05, 4.69) is 13.8 Å². The first kappa shape index (κ1) is 14.7. The minimum absolute atomic E-state index is 0.588. The minimum Gasteiger partial charge on any atom is -0.494 e. The fourth-order valence-electron chi connectivity index (χ4n) is 1.93. The van der Waals surface area contributed by atoms with Crippen molar-refractivity contribution in [2.45, 2.75) is 39.5 Å². The summed E-state index contributed by atoms with van der Waals surface area (Å²) in [6.07, 6.45) is 4.86. The van der Waals surface area contributed by atoms with Crippen molar-refractivity contribution in [3.63, 3.8) is 0 Å². The molecule has 1 rings (SSSR count). The van der Waals surface area contributed by atoms with Crippen molar-refractivity contribution in [2.24, 2.45) is 5.92 Å². The lowest BCUT2D eigenvalue weighted by atomic mass is 10.0. The predicted molar refractivity (Wildman–Crippen MR) is 76.2 cm³/mol. The lowest BCUT2D eigenvalue weighted by Crippen LogP contribution is -2.12. The van der Waals surface area contributed by atoms with Crippen LogP contribution < -0.4 is 15.2 Å². The van der Waals surface area contributed by atoms with Gasteiger partial charge in [0.05, 0.1) is 13.7 Å². The molecule has 0 bridgehead atoms. The van der Waals surface area contributed by atoms with E-state index in [4.69, 9.17) is 15.2 Å². The minimum atomic E-state index is 0.588. The van der Waals surface area contributed by atoms with Gasteiger partial charge >= 0.3 is 0 Å². The van der Waals surface area contributed by atoms with Crippen molar-refractivity contribution in [2.75, 3.05) is 19.5 Å². The lowest BCUT2D eigenvalue weighted by Gasteiger charge is -2.17. The molecular formula is C15H25NO2. The van der Waals surface area contributed by atoms with E-state index in [-0.39, 0.29) is 0 Å². The molecule has 0 fully saturated rings. The third-order valence-electron chi connectivity index (χ3n) is 3.26. The molecule has 1 atom stereocenters. The summed E-state index contributed by atoms with van der Waals surface area (Å²) in [7, 11) is 1.62. The van der Waals surface area contributed by atoms with Crippen LogP contribution in [-0.4, -0.2) is 13.7 Å². The monoisotopic (exact) mass is 251 g/mol. The van der Waals surface area contributed by atoms with Crippen molar-refractivity contribution in [1.82, 2.24) is 0 Å². The zero-order chi connectivity index (χ0) is 13.4. The highest BCUT2D eigenvalue weighted by molar-refractivity contribution is 5.62. The highest BCUT2D eigenvalue weighted by Gasteiger charge is 2.10. The third kappa shape index (κ3) is 4.13. The van der Waals surface area contributed by atoms with Gasteiger partial charge in [0.1, 0.15) is 17.2 Å². The molecule has 3 heteroatoms. The molecule has 0 aliphatic rings. The van der Waals surface area contributed by atoms with E-state index in [1.807, 2.05) is 18.2 Å². The van der Waals surface area contributed by atoms with Crippen LogP contribution in [0.25, 0.3) is 0 Å². The van der Waals surface area contributed by atoms with E-state index < -0.39 is 0 Å². The molecule has 0 amide bonds. The first-order valence-electron chi connectivity index (χ1n) is 6.78. The first-order valence-corrected chi connectivity index (χ1v) is 6.78. The van der Waals surface area contributed by atoms with Crippen LogP contribution in [0.4, 0.5) is 5.69 Å². The Balaban J connectivity index is 2.56. The largest absolute Gasteiger partial charge is 0.494 e. The highest BCUT2D eigenvalue weighted by atomic mass is 16.5. The van der Waals surface area contributed by atoms with Gasteiger partial charge in [-0.05, 0) is 24.5 Å². The summed E-state index contributed by atoms with van der Waals surface area (Å²) < 4.78 is 11.0. The number of hydrogen-bond acceptors (Lipinski definition) is 3. The Morgan fingerprint density at radius 1 is 1.22 bits per heavy atom. The summed E-state index contributed by atoms with van der Waals surface area (Å²) >= 11 is 0. The molecule has 0 aliphatic heterocycles. The summed E-state index contributed by atoms with van der Waals surface area (Å²) in [5, 5.41) is 0. The predicted octanol–water partition coefficient (Wildman–Crippen LogP) is 3.87. The molecule has 3 nitrogen and oxygen atoms in total. The average molecular weight is 251 g/mol. The van der Waals surface area contributed by atoms with Gasteiger partial charge in [0.15, 0.2) is 0 Å². The van der Waals surface area contributed by atoms with Gasteiger partial charge in [-0.2, -0.15) is 0 Å². The molecular weight excluding hydrogens is 226 g/mol. The molecule has 18 heavy (non-hydrogen) atoms. The van der Waals surface area contributed by atoms with Gasteiger partial charge in [-0.15, -0.1) is 0 Å². The van der Waals surface area contributed by atoms with E-state index in [0.717, 1.165) is 18.8 Å². The maximum absolute atomic E-state index is 5.97. The van der Waals surface area contributed by atoms with Crippen LogP contribution in [-0.2, 0) is 0 Å². The molecule has 0 saturated carbocycles. The number of rotatable bonds is 8. The van der Waals surface area contributed by atoms with Crippen molar-refractivity contribution < 1.29 is 9.47 Å². The quantitative estimate of drug-likeness (QED) is 0.713. The zero-order valence-corrected chi connectivity index (χ0v) is 11.7. The van der Waals surface area contributed by atoms with Gasteiger partial charge in [-0.25, -0.2) is 0 Å². The topological polar surface area (TPSA) is 44.5 Å². The second kappa shape index (κ2) is 7.85. The lowest BCUT2D eigenvalue weighted by molar-refractivity contribution is 0.233. The van der Waals surface area contributed by atoms with Crippen molar-refractivity contribution >= 4 is 5.69 Å². The number of ether oxygens (including phenoxy) is 2. The van der Waals surface area contributed by atoms with Gasteiger partial charge in [-0.1, -0.05) is 39.2 Å². The molecule has 0 aromatic heterocycles. The molecule has 0 saturated heterocycles. The molecule has 1 aromatic rings. The summed E-state index contributed by atoms with van der Waals surface area (Å²) in [6, 6.07) is 5.64. The van der Waals surface area contributed by atoms with Crippen LogP contribution in [0.2, 0.25) is 0 Å². The van der Waals surface area contributed by atoms with Crippen LogP contribution in [0.3, 0.4) is 0 Å². The third-order valence-corrected chi connectivity index (χ3v) is 3.26. The van der Waals surface area contributed by atoms with E-state index in [9.17, 15) is 0 Å². The second-order valence-electron chi connectivity index (χ2n) is 4.60. The van der Waals surface area contributed by atoms with Crippen LogP contribution in [0.1, 0.15) is 39.5 Å². The standard InChI is InChI=1S/C15H25NO2/c1-4-6-8-12(5-2)11-18-14-10-7-9-13(17-3)15(14)16/h7,9-10,12H,4-6,8,11,16H2,1-3H3. The summed E-state index contributed by atoms with van der Waals surface area (Å²) in [5.41, 5.74) is 6.56. The summed E-state index contributed by atoms with van der Waals surface area (Å²) in [6.45, 7) is 5.15. The van der Waals surface area contributed by atoms with Crippen LogP contribution >= 0.6 is 0 Å².